The number of nitrogens with zero attached hydrogens (tertiary/aromatic N) is 1. The highest BCUT2D eigenvalue weighted by Crippen LogP contribution is 2.29. The molecular formula is C14H13BrClFN2. The molecule has 1 unspecified atom stereocenters. The summed E-state index contributed by atoms with van der Waals surface area (Å²) in [6, 6.07) is 7.99. The van der Waals surface area contributed by atoms with E-state index in [1.165, 1.54) is 6.07 Å². The summed E-state index contributed by atoms with van der Waals surface area (Å²) in [4.78, 5) is 4.27. The third-order valence-electron chi connectivity index (χ3n) is 2.74. The van der Waals surface area contributed by atoms with Crippen LogP contribution in [0.25, 0.3) is 0 Å². The van der Waals surface area contributed by atoms with Crippen molar-refractivity contribution >= 4 is 27.5 Å². The average Bonchev–Trinajstić information content (AvgIpc) is 2.40. The highest BCUT2D eigenvalue weighted by atomic mass is 79.9. The van der Waals surface area contributed by atoms with E-state index in [2.05, 4.69) is 26.2 Å². The molecule has 0 aliphatic carbocycles. The highest BCUT2D eigenvalue weighted by molar-refractivity contribution is 9.10. The molecule has 0 bridgehead atoms. The number of nitrogens with one attached hydrogen (secondary N) is 1. The van der Waals surface area contributed by atoms with E-state index < -0.39 is 0 Å². The summed E-state index contributed by atoms with van der Waals surface area (Å²) >= 11 is 9.52. The van der Waals surface area contributed by atoms with Gasteiger partial charge >= 0.3 is 0 Å². The van der Waals surface area contributed by atoms with Crippen LogP contribution in [0, 0.1) is 5.82 Å². The first-order valence-corrected chi connectivity index (χ1v) is 7.09. The number of hydrogen-bond donors (Lipinski definition) is 1. The minimum Gasteiger partial charge on any atom is -0.305 e. The standard InChI is InChI=1S/C14H13BrClFN2/c1-2-18-13(14-11(16)4-3-7-19-14)10-8-9(15)5-6-12(10)17/h3-8,13,18H,2H2,1H3. The molecule has 0 aliphatic heterocycles. The molecule has 2 rings (SSSR count). The van der Waals surface area contributed by atoms with Crippen molar-refractivity contribution in [1.82, 2.24) is 10.3 Å². The minimum atomic E-state index is -0.365. The molecule has 2 aromatic rings. The van der Waals surface area contributed by atoms with Crippen LogP contribution in [0.5, 0.6) is 0 Å². The van der Waals surface area contributed by atoms with Crippen molar-refractivity contribution in [3.05, 3.63) is 63.1 Å². The van der Waals surface area contributed by atoms with Crippen molar-refractivity contribution in [3.63, 3.8) is 0 Å². The molecule has 5 heteroatoms. The minimum absolute atomic E-state index is 0.282. The zero-order chi connectivity index (χ0) is 13.8. The maximum atomic E-state index is 14.0. The molecule has 0 amide bonds. The van der Waals surface area contributed by atoms with E-state index in [0.717, 1.165) is 4.47 Å². The van der Waals surface area contributed by atoms with Crippen LogP contribution in [0.15, 0.2) is 41.0 Å². The molecule has 1 N–H and O–H groups in total. The maximum Gasteiger partial charge on any atom is 0.128 e. The predicted octanol–water partition coefficient (Wildman–Crippen LogP) is 4.34. The van der Waals surface area contributed by atoms with Crippen LogP contribution in [-0.2, 0) is 0 Å². The Balaban J connectivity index is 2.51. The Hall–Kier alpha value is -0.970. The van der Waals surface area contributed by atoms with Gasteiger partial charge in [-0.25, -0.2) is 4.39 Å². The zero-order valence-electron chi connectivity index (χ0n) is 10.3. The molecule has 1 atom stereocenters. The second-order valence-electron chi connectivity index (χ2n) is 4.03. The van der Waals surface area contributed by atoms with Crippen LogP contribution in [0.1, 0.15) is 24.2 Å². The summed E-state index contributed by atoms with van der Waals surface area (Å²) in [6.07, 6.45) is 1.65. The monoisotopic (exact) mass is 342 g/mol. The van der Waals surface area contributed by atoms with Gasteiger partial charge in [0.15, 0.2) is 0 Å². The van der Waals surface area contributed by atoms with Crippen molar-refractivity contribution in [2.45, 2.75) is 13.0 Å². The molecule has 100 valence electrons. The first-order chi connectivity index (χ1) is 9.13. The first-order valence-electron chi connectivity index (χ1n) is 5.92. The SMILES string of the molecule is CCNC(c1cc(Br)ccc1F)c1ncccc1Cl. The Morgan fingerprint density at radius 3 is 2.89 bits per heavy atom. The second-order valence-corrected chi connectivity index (χ2v) is 5.35. The lowest BCUT2D eigenvalue weighted by Gasteiger charge is -2.19. The van der Waals surface area contributed by atoms with E-state index in [9.17, 15) is 4.39 Å². The van der Waals surface area contributed by atoms with E-state index in [-0.39, 0.29) is 11.9 Å². The van der Waals surface area contributed by atoms with Gasteiger partial charge in [0, 0.05) is 16.2 Å². The molecule has 0 radical (unpaired) electrons. The lowest BCUT2D eigenvalue weighted by Crippen LogP contribution is -2.24. The van der Waals surface area contributed by atoms with Crippen LogP contribution in [0.2, 0.25) is 5.02 Å². The van der Waals surface area contributed by atoms with E-state index >= 15 is 0 Å². The third-order valence-corrected chi connectivity index (χ3v) is 3.55. The van der Waals surface area contributed by atoms with E-state index in [1.807, 2.05) is 6.92 Å². The molecule has 1 aromatic carbocycles. The number of aromatic nitrogens is 1. The molecule has 0 fully saturated rings. The molecule has 0 aliphatic rings. The fourth-order valence-corrected chi connectivity index (χ4v) is 2.51. The molecule has 2 nitrogen and oxygen atoms in total. The van der Waals surface area contributed by atoms with Crippen LogP contribution in [0.3, 0.4) is 0 Å². The fraction of sp³-hybridized carbons (Fsp3) is 0.214. The fourth-order valence-electron chi connectivity index (χ4n) is 1.90. The number of pyridine rings is 1. The molecule has 19 heavy (non-hydrogen) atoms. The van der Waals surface area contributed by atoms with Gasteiger partial charge in [0.05, 0.1) is 16.8 Å². The maximum absolute atomic E-state index is 14.0. The molecule has 0 spiro atoms. The van der Waals surface area contributed by atoms with Gasteiger partial charge in [0.2, 0.25) is 0 Å². The Kier molecular flexibility index (Phi) is 4.91. The molecule has 0 saturated heterocycles. The normalized spacial score (nSPS) is 12.4. The van der Waals surface area contributed by atoms with Crippen LogP contribution in [0.4, 0.5) is 4.39 Å². The van der Waals surface area contributed by atoms with E-state index in [1.54, 1.807) is 30.5 Å². The zero-order valence-corrected chi connectivity index (χ0v) is 12.7. The van der Waals surface area contributed by atoms with E-state index in [0.29, 0.717) is 22.8 Å². The summed E-state index contributed by atoms with van der Waals surface area (Å²) in [5.74, 6) is -0.282. The largest absolute Gasteiger partial charge is 0.305 e. The van der Waals surface area contributed by atoms with Crippen LogP contribution >= 0.6 is 27.5 Å². The van der Waals surface area contributed by atoms with Gasteiger partial charge in [-0.3, -0.25) is 4.98 Å². The summed E-state index contributed by atoms with van der Waals surface area (Å²) in [6.45, 7) is 2.64. The predicted molar refractivity (Wildman–Crippen MR) is 78.9 cm³/mol. The second kappa shape index (κ2) is 6.46. The van der Waals surface area contributed by atoms with Crippen molar-refractivity contribution < 1.29 is 4.39 Å². The Morgan fingerprint density at radius 2 is 2.21 bits per heavy atom. The van der Waals surface area contributed by atoms with Crippen molar-refractivity contribution in [2.24, 2.45) is 0 Å². The summed E-state index contributed by atoms with van der Waals surface area (Å²) in [5, 5.41) is 3.74. The number of rotatable bonds is 4. The lowest BCUT2D eigenvalue weighted by molar-refractivity contribution is 0.551. The van der Waals surface area contributed by atoms with Gasteiger partial charge < -0.3 is 5.32 Å². The Bertz CT molecular complexity index is 577. The molecule has 1 aromatic heterocycles. The van der Waals surface area contributed by atoms with Gasteiger partial charge in [-0.15, -0.1) is 0 Å². The van der Waals surface area contributed by atoms with Crippen molar-refractivity contribution in [3.8, 4) is 0 Å². The van der Waals surface area contributed by atoms with Gasteiger partial charge in [0.25, 0.3) is 0 Å². The van der Waals surface area contributed by atoms with Crippen LogP contribution < -0.4 is 5.32 Å². The molecule has 1 heterocycles. The smallest absolute Gasteiger partial charge is 0.128 e. The quantitative estimate of drug-likeness (QED) is 0.893. The Morgan fingerprint density at radius 1 is 1.42 bits per heavy atom. The summed E-state index contributed by atoms with van der Waals surface area (Å²) < 4.78 is 14.8. The number of benzene rings is 1. The van der Waals surface area contributed by atoms with Crippen LogP contribution in [-0.4, -0.2) is 11.5 Å². The van der Waals surface area contributed by atoms with Crippen molar-refractivity contribution in [2.75, 3.05) is 6.54 Å². The Labute approximate surface area is 125 Å². The number of halogens is 3. The van der Waals surface area contributed by atoms with Gasteiger partial charge in [-0.1, -0.05) is 34.5 Å². The first kappa shape index (κ1) is 14.4. The molecule has 0 saturated carbocycles. The number of hydrogen-bond acceptors (Lipinski definition) is 2. The summed E-state index contributed by atoms with van der Waals surface area (Å²) in [7, 11) is 0. The van der Waals surface area contributed by atoms with Gasteiger partial charge in [-0.2, -0.15) is 0 Å². The van der Waals surface area contributed by atoms with Gasteiger partial charge in [0.1, 0.15) is 5.82 Å². The molecular weight excluding hydrogens is 331 g/mol. The van der Waals surface area contributed by atoms with Crippen molar-refractivity contribution in [1.29, 1.82) is 0 Å². The average molecular weight is 344 g/mol. The lowest BCUT2D eigenvalue weighted by atomic mass is 10.0. The topological polar surface area (TPSA) is 24.9 Å². The summed E-state index contributed by atoms with van der Waals surface area (Å²) in [5.41, 5.74) is 1.15. The third kappa shape index (κ3) is 3.32. The van der Waals surface area contributed by atoms with Gasteiger partial charge in [-0.05, 0) is 36.9 Å². The highest BCUT2D eigenvalue weighted by Gasteiger charge is 2.20. The van der Waals surface area contributed by atoms with E-state index in [4.69, 9.17) is 11.6 Å².